The Labute approximate surface area is 98.7 Å². The highest BCUT2D eigenvalue weighted by Gasteiger charge is 2.04. The van der Waals surface area contributed by atoms with Crippen molar-refractivity contribution in [2.45, 2.75) is 33.2 Å². The maximum absolute atomic E-state index is 5.76. The first-order chi connectivity index (χ1) is 7.50. The molecule has 90 valence electrons. The molecule has 0 aliphatic heterocycles. The lowest BCUT2D eigenvalue weighted by Gasteiger charge is -2.20. The van der Waals surface area contributed by atoms with Gasteiger partial charge < -0.3 is 10.6 Å². The smallest absolute Gasteiger partial charge is 0.0569 e. The van der Waals surface area contributed by atoms with E-state index in [9.17, 15) is 0 Å². The van der Waals surface area contributed by atoms with Crippen molar-refractivity contribution in [2.24, 2.45) is 11.7 Å². The number of hydrogen-bond donors (Lipinski definition) is 1. The van der Waals surface area contributed by atoms with E-state index in [4.69, 9.17) is 5.73 Å². The number of pyridine rings is 1. The van der Waals surface area contributed by atoms with Gasteiger partial charge >= 0.3 is 0 Å². The molecule has 0 saturated heterocycles. The van der Waals surface area contributed by atoms with E-state index >= 15 is 0 Å². The van der Waals surface area contributed by atoms with E-state index in [2.05, 4.69) is 36.8 Å². The predicted molar refractivity (Wildman–Crippen MR) is 69.6 cm³/mol. The van der Waals surface area contributed by atoms with Gasteiger partial charge in [-0.3, -0.25) is 4.98 Å². The molecule has 1 atom stereocenters. The molecule has 0 aromatic carbocycles. The molecule has 0 fully saturated rings. The number of hydrogen-bond acceptors (Lipinski definition) is 3. The van der Waals surface area contributed by atoms with Gasteiger partial charge in [-0.2, -0.15) is 0 Å². The van der Waals surface area contributed by atoms with Crippen molar-refractivity contribution in [2.75, 3.05) is 18.5 Å². The lowest BCUT2D eigenvalue weighted by molar-refractivity contribution is 0.585. The van der Waals surface area contributed by atoms with Gasteiger partial charge in [0.15, 0.2) is 0 Å². The first kappa shape index (κ1) is 13.0. The molecule has 0 amide bonds. The highest BCUT2D eigenvalue weighted by atomic mass is 15.1. The van der Waals surface area contributed by atoms with E-state index in [1.54, 1.807) is 0 Å². The highest BCUT2D eigenvalue weighted by molar-refractivity contribution is 5.43. The van der Waals surface area contributed by atoms with Crippen molar-refractivity contribution >= 4 is 5.69 Å². The molecule has 0 spiro atoms. The van der Waals surface area contributed by atoms with Crippen molar-refractivity contribution in [3.63, 3.8) is 0 Å². The molecule has 1 aromatic heterocycles. The second kappa shape index (κ2) is 5.85. The Hall–Kier alpha value is -1.09. The van der Waals surface area contributed by atoms with Crippen LogP contribution in [0.3, 0.4) is 0 Å². The van der Waals surface area contributed by atoms with E-state index in [1.165, 1.54) is 6.42 Å². The van der Waals surface area contributed by atoms with Gasteiger partial charge in [0, 0.05) is 19.6 Å². The van der Waals surface area contributed by atoms with Crippen LogP contribution in [-0.4, -0.2) is 18.6 Å². The van der Waals surface area contributed by atoms with Crippen LogP contribution in [0.1, 0.15) is 38.9 Å². The lowest BCUT2D eigenvalue weighted by atomic mass is 10.1. The topological polar surface area (TPSA) is 42.1 Å². The third kappa shape index (κ3) is 3.81. The Morgan fingerprint density at radius 1 is 1.31 bits per heavy atom. The Morgan fingerprint density at radius 3 is 2.44 bits per heavy atom. The summed E-state index contributed by atoms with van der Waals surface area (Å²) in [5, 5.41) is 0. The molecule has 0 saturated carbocycles. The van der Waals surface area contributed by atoms with Gasteiger partial charge in [-0.15, -0.1) is 0 Å². The Kier molecular flexibility index (Phi) is 4.74. The molecule has 3 nitrogen and oxygen atoms in total. The van der Waals surface area contributed by atoms with Gasteiger partial charge in [-0.05, 0) is 31.4 Å². The van der Waals surface area contributed by atoms with Crippen LogP contribution in [0.15, 0.2) is 18.3 Å². The Balaban J connectivity index is 2.59. The van der Waals surface area contributed by atoms with Crippen molar-refractivity contribution in [3.05, 3.63) is 24.0 Å². The molecule has 3 heteroatoms. The fraction of sp³-hybridized carbons (Fsp3) is 0.615. The molecule has 16 heavy (non-hydrogen) atoms. The molecule has 1 rings (SSSR count). The number of nitrogens with zero attached hydrogens (tertiary/aromatic N) is 2. The maximum atomic E-state index is 5.76. The minimum Gasteiger partial charge on any atom is -0.373 e. The van der Waals surface area contributed by atoms with Gasteiger partial charge in [0.25, 0.3) is 0 Å². The summed E-state index contributed by atoms with van der Waals surface area (Å²) in [5.41, 5.74) is 7.87. The van der Waals surface area contributed by atoms with Crippen LogP contribution >= 0.6 is 0 Å². The number of aromatic nitrogens is 1. The summed E-state index contributed by atoms with van der Waals surface area (Å²) in [7, 11) is 2.10. The zero-order valence-corrected chi connectivity index (χ0v) is 10.8. The lowest BCUT2D eigenvalue weighted by Crippen LogP contribution is -2.20. The summed E-state index contributed by atoms with van der Waals surface area (Å²) in [6.07, 6.45) is 3.10. The zero-order valence-electron chi connectivity index (χ0n) is 10.8. The molecule has 1 aromatic rings. The molecule has 2 N–H and O–H groups in total. The van der Waals surface area contributed by atoms with Gasteiger partial charge in [0.2, 0.25) is 0 Å². The van der Waals surface area contributed by atoms with Crippen LogP contribution in [0, 0.1) is 5.92 Å². The predicted octanol–water partition coefficient (Wildman–Crippen LogP) is 2.58. The number of anilines is 1. The fourth-order valence-corrected chi connectivity index (χ4v) is 1.47. The molecular weight excluding hydrogens is 198 g/mol. The average molecular weight is 221 g/mol. The van der Waals surface area contributed by atoms with E-state index < -0.39 is 0 Å². The third-order valence-electron chi connectivity index (χ3n) is 2.72. The largest absolute Gasteiger partial charge is 0.373 e. The first-order valence-electron chi connectivity index (χ1n) is 5.93. The van der Waals surface area contributed by atoms with E-state index in [0.29, 0.717) is 0 Å². The summed E-state index contributed by atoms with van der Waals surface area (Å²) in [6, 6.07) is 4.10. The Bertz CT molecular complexity index is 303. The second-order valence-electron chi connectivity index (χ2n) is 4.83. The minimum atomic E-state index is 0.00928. The van der Waals surface area contributed by atoms with Crippen LogP contribution < -0.4 is 10.6 Å². The second-order valence-corrected chi connectivity index (χ2v) is 4.83. The van der Waals surface area contributed by atoms with Crippen molar-refractivity contribution in [1.29, 1.82) is 0 Å². The van der Waals surface area contributed by atoms with Crippen LogP contribution in [0.25, 0.3) is 0 Å². The average Bonchev–Trinajstić information content (AvgIpc) is 2.26. The van der Waals surface area contributed by atoms with Crippen LogP contribution in [0.4, 0.5) is 5.69 Å². The normalized spacial score (nSPS) is 12.9. The van der Waals surface area contributed by atoms with E-state index in [1.807, 2.05) is 19.2 Å². The summed E-state index contributed by atoms with van der Waals surface area (Å²) in [4.78, 5) is 6.59. The summed E-state index contributed by atoms with van der Waals surface area (Å²) >= 11 is 0. The zero-order chi connectivity index (χ0) is 12.1. The number of rotatable bonds is 5. The van der Waals surface area contributed by atoms with Crippen molar-refractivity contribution < 1.29 is 0 Å². The fourth-order valence-electron chi connectivity index (χ4n) is 1.47. The van der Waals surface area contributed by atoms with Gasteiger partial charge in [-0.1, -0.05) is 13.8 Å². The molecule has 1 heterocycles. The summed E-state index contributed by atoms with van der Waals surface area (Å²) in [5.74, 6) is 0.735. The molecule has 0 bridgehead atoms. The van der Waals surface area contributed by atoms with Crippen LogP contribution in [0.2, 0.25) is 0 Å². The maximum Gasteiger partial charge on any atom is 0.0569 e. The van der Waals surface area contributed by atoms with Gasteiger partial charge in [0.1, 0.15) is 0 Å². The molecular formula is C13H23N3. The van der Waals surface area contributed by atoms with Crippen molar-refractivity contribution in [3.8, 4) is 0 Å². The Morgan fingerprint density at radius 2 is 2.00 bits per heavy atom. The molecule has 1 unspecified atom stereocenters. The molecule has 0 aliphatic rings. The summed E-state index contributed by atoms with van der Waals surface area (Å²) < 4.78 is 0. The van der Waals surface area contributed by atoms with Crippen molar-refractivity contribution in [1.82, 2.24) is 4.98 Å². The quantitative estimate of drug-likeness (QED) is 0.831. The monoisotopic (exact) mass is 221 g/mol. The third-order valence-corrected chi connectivity index (χ3v) is 2.72. The molecule has 0 aliphatic carbocycles. The van der Waals surface area contributed by atoms with Crippen LogP contribution in [-0.2, 0) is 0 Å². The highest BCUT2D eigenvalue weighted by Crippen LogP contribution is 2.15. The number of nitrogens with two attached hydrogens (primary N) is 1. The molecule has 0 radical (unpaired) electrons. The standard InChI is InChI=1S/C13H23N3/c1-10(2)7-8-16(4)12-5-6-13(11(3)14)15-9-12/h5-6,9-11H,7-8,14H2,1-4H3. The van der Waals surface area contributed by atoms with Gasteiger partial charge in [-0.25, -0.2) is 0 Å². The van der Waals surface area contributed by atoms with Gasteiger partial charge in [0.05, 0.1) is 17.6 Å². The SMILES string of the molecule is CC(C)CCN(C)c1ccc(C(C)N)nc1. The minimum absolute atomic E-state index is 0.00928. The van der Waals surface area contributed by atoms with Crippen LogP contribution in [0.5, 0.6) is 0 Å². The van der Waals surface area contributed by atoms with E-state index in [0.717, 1.165) is 23.8 Å². The van der Waals surface area contributed by atoms with E-state index in [-0.39, 0.29) is 6.04 Å². The first-order valence-corrected chi connectivity index (χ1v) is 5.93. The summed E-state index contributed by atoms with van der Waals surface area (Å²) in [6.45, 7) is 7.50.